The average Bonchev–Trinajstić information content (AvgIpc) is 2.44. The molecule has 0 radical (unpaired) electrons. The summed E-state index contributed by atoms with van der Waals surface area (Å²) in [4.78, 5) is 11.9. The van der Waals surface area contributed by atoms with Gasteiger partial charge in [-0.05, 0) is 43.0 Å². The van der Waals surface area contributed by atoms with Gasteiger partial charge in [0.25, 0.3) is 0 Å². The summed E-state index contributed by atoms with van der Waals surface area (Å²) in [5.41, 5.74) is 0. The second-order valence-corrected chi connectivity index (χ2v) is 5.92. The van der Waals surface area contributed by atoms with E-state index in [-0.39, 0.29) is 5.91 Å². The van der Waals surface area contributed by atoms with E-state index in [1.807, 2.05) is 12.1 Å². The van der Waals surface area contributed by atoms with Gasteiger partial charge in [0, 0.05) is 11.1 Å². The molecule has 3 nitrogen and oxygen atoms in total. The molecule has 1 saturated carbocycles. The Morgan fingerprint density at radius 2 is 2.00 bits per heavy atom. The Labute approximate surface area is 125 Å². The third-order valence-electron chi connectivity index (χ3n) is 3.87. The molecule has 2 unspecified atom stereocenters. The van der Waals surface area contributed by atoms with Crippen molar-refractivity contribution in [1.82, 2.24) is 5.32 Å². The summed E-state index contributed by atoms with van der Waals surface area (Å²) in [7, 11) is 0. The van der Waals surface area contributed by atoms with Gasteiger partial charge in [-0.3, -0.25) is 4.79 Å². The highest BCUT2D eigenvalue weighted by Crippen LogP contribution is 2.23. The molecule has 1 aromatic carbocycles. The number of carbonyl (C=O) groups excluding carboxylic acids is 1. The molecule has 0 heterocycles. The summed E-state index contributed by atoms with van der Waals surface area (Å²) in [5, 5.41) is 3.81. The lowest BCUT2D eigenvalue weighted by Gasteiger charge is -2.29. The van der Waals surface area contributed by atoms with Crippen LogP contribution in [0.4, 0.5) is 0 Å². The van der Waals surface area contributed by atoms with E-state index in [2.05, 4.69) is 12.2 Å². The van der Waals surface area contributed by atoms with Crippen molar-refractivity contribution >= 4 is 17.5 Å². The number of hydrogen-bond donors (Lipinski definition) is 1. The van der Waals surface area contributed by atoms with Gasteiger partial charge in [0.2, 0.25) is 5.91 Å². The molecule has 0 spiro atoms. The van der Waals surface area contributed by atoms with Crippen LogP contribution in [0.25, 0.3) is 0 Å². The van der Waals surface area contributed by atoms with E-state index >= 15 is 0 Å². The lowest BCUT2D eigenvalue weighted by Crippen LogP contribution is -2.41. The number of hydrogen-bond acceptors (Lipinski definition) is 2. The van der Waals surface area contributed by atoms with Gasteiger partial charge in [0.05, 0.1) is 13.0 Å². The van der Waals surface area contributed by atoms with Crippen molar-refractivity contribution < 1.29 is 9.53 Å². The molecule has 0 saturated heterocycles. The highest BCUT2D eigenvalue weighted by Gasteiger charge is 2.22. The third-order valence-corrected chi connectivity index (χ3v) is 4.12. The van der Waals surface area contributed by atoms with E-state index in [1.165, 1.54) is 19.3 Å². The van der Waals surface area contributed by atoms with Crippen molar-refractivity contribution in [1.29, 1.82) is 0 Å². The molecule has 0 aliphatic heterocycles. The summed E-state index contributed by atoms with van der Waals surface area (Å²) in [6.45, 7) is 2.61. The quantitative estimate of drug-likeness (QED) is 0.897. The SMILES string of the molecule is CC1CCCCC1NC(=O)CCOc1ccc(Cl)cc1. The molecular weight excluding hydrogens is 274 g/mol. The van der Waals surface area contributed by atoms with Crippen LogP contribution in [-0.4, -0.2) is 18.6 Å². The maximum Gasteiger partial charge on any atom is 0.223 e. The Morgan fingerprint density at radius 1 is 1.30 bits per heavy atom. The summed E-state index contributed by atoms with van der Waals surface area (Å²) in [6.07, 6.45) is 5.22. The average molecular weight is 296 g/mol. The molecule has 0 aromatic heterocycles. The summed E-state index contributed by atoms with van der Waals surface area (Å²) < 4.78 is 5.53. The number of nitrogens with one attached hydrogen (secondary N) is 1. The van der Waals surface area contributed by atoms with E-state index in [0.717, 1.165) is 12.2 Å². The maximum absolute atomic E-state index is 11.9. The predicted octanol–water partition coefficient (Wildman–Crippen LogP) is 3.80. The first kappa shape index (κ1) is 15.2. The van der Waals surface area contributed by atoms with Crippen LogP contribution in [-0.2, 0) is 4.79 Å². The topological polar surface area (TPSA) is 38.3 Å². The number of amides is 1. The standard InChI is InChI=1S/C16H22ClNO2/c1-12-4-2-3-5-15(12)18-16(19)10-11-20-14-8-6-13(17)7-9-14/h6-9,12,15H,2-5,10-11H2,1H3,(H,18,19). The van der Waals surface area contributed by atoms with E-state index in [1.54, 1.807) is 12.1 Å². The number of benzene rings is 1. The minimum Gasteiger partial charge on any atom is -0.493 e. The number of ether oxygens (including phenoxy) is 1. The van der Waals surface area contributed by atoms with E-state index in [4.69, 9.17) is 16.3 Å². The van der Waals surface area contributed by atoms with Crippen LogP contribution in [0.5, 0.6) is 5.75 Å². The van der Waals surface area contributed by atoms with Gasteiger partial charge in [0.1, 0.15) is 5.75 Å². The van der Waals surface area contributed by atoms with Crippen molar-refractivity contribution in [3.8, 4) is 5.75 Å². The van der Waals surface area contributed by atoms with E-state index < -0.39 is 0 Å². The summed E-state index contributed by atoms with van der Waals surface area (Å²) in [6, 6.07) is 7.51. The Kier molecular flexibility index (Phi) is 5.72. The van der Waals surface area contributed by atoms with Crippen molar-refractivity contribution in [2.45, 2.75) is 45.1 Å². The summed E-state index contributed by atoms with van der Waals surface area (Å²) in [5.74, 6) is 1.41. The molecule has 1 aliphatic rings. The number of rotatable bonds is 5. The van der Waals surface area contributed by atoms with Crippen molar-refractivity contribution in [2.75, 3.05) is 6.61 Å². The lowest BCUT2D eigenvalue weighted by molar-refractivity contribution is -0.122. The third kappa shape index (κ3) is 4.71. The van der Waals surface area contributed by atoms with Crippen molar-refractivity contribution in [3.63, 3.8) is 0 Å². The zero-order chi connectivity index (χ0) is 14.4. The van der Waals surface area contributed by atoms with Crippen LogP contribution in [0.2, 0.25) is 5.02 Å². The minimum atomic E-state index is 0.0812. The highest BCUT2D eigenvalue weighted by molar-refractivity contribution is 6.30. The highest BCUT2D eigenvalue weighted by atomic mass is 35.5. The van der Waals surface area contributed by atoms with Crippen LogP contribution in [0.1, 0.15) is 39.0 Å². The number of halogens is 1. The molecule has 2 rings (SSSR count). The van der Waals surface area contributed by atoms with Crippen molar-refractivity contribution in [2.24, 2.45) is 5.92 Å². The lowest BCUT2D eigenvalue weighted by atomic mass is 9.86. The summed E-state index contributed by atoms with van der Waals surface area (Å²) >= 11 is 5.80. The van der Waals surface area contributed by atoms with E-state index in [0.29, 0.717) is 30.0 Å². The van der Waals surface area contributed by atoms with E-state index in [9.17, 15) is 4.79 Å². The molecule has 1 fully saturated rings. The van der Waals surface area contributed by atoms with Gasteiger partial charge in [-0.1, -0.05) is 31.4 Å². The van der Waals surface area contributed by atoms with Crippen LogP contribution in [0.3, 0.4) is 0 Å². The molecule has 1 aromatic rings. The zero-order valence-corrected chi connectivity index (χ0v) is 12.7. The molecule has 20 heavy (non-hydrogen) atoms. The van der Waals surface area contributed by atoms with Gasteiger partial charge >= 0.3 is 0 Å². The van der Waals surface area contributed by atoms with Gasteiger partial charge in [-0.15, -0.1) is 0 Å². The first-order chi connectivity index (χ1) is 9.65. The molecule has 0 bridgehead atoms. The molecule has 4 heteroatoms. The number of carbonyl (C=O) groups is 1. The van der Waals surface area contributed by atoms with Crippen LogP contribution >= 0.6 is 11.6 Å². The first-order valence-corrected chi connectivity index (χ1v) is 7.70. The molecule has 110 valence electrons. The Morgan fingerprint density at radius 3 is 2.70 bits per heavy atom. The second kappa shape index (κ2) is 7.53. The minimum absolute atomic E-state index is 0.0812. The van der Waals surface area contributed by atoms with Gasteiger partial charge in [-0.2, -0.15) is 0 Å². The van der Waals surface area contributed by atoms with Gasteiger partial charge in [-0.25, -0.2) is 0 Å². The normalized spacial score (nSPS) is 22.3. The molecular formula is C16H22ClNO2. The maximum atomic E-state index is 11.9. The monoisotopic (exact) mass is 295 g/mol. The van der Waals surface area contributed by atoms with Gasteiger partial charge < -0.3 is 10.1 Å². The molecule has 1 N–H and O–H groups in total. The first-order valence-electron chi connectivity index (χ1n) is 7.33. The smallest absolute Gasteiger partial charge is 0.223 e. The largest absolute Gasteiger partial charge is 0.493 e. The van der Waals surface area contributed by atoms with Crippen LogP contribution in [0, 0.1) is 5.92 Å². The molecule has 1 aliphatic carbocycles. The van der Waals surface area contributed by atoms with Crippen LogP contribution in [0.15, 0.2) is 24.3 Å². The fraction of sp³-hybridized carbons (Fsp3) is 0.562. The fourth-order valence-electron chi connectivity index (χ4n) is 2.60. The molecule has 2 atom stereocenters. The second-order valence-electron chi connectivity index (χ2n) is 5.49. The zero-order valence-electron chi connectivity index (χ0n) is 11.9. The fourth-order valence-corrected chi connectivity index (χ4v) is 2.73. The predicted molar refractivity (Wildman–Crippen MR) is 81.1 cm³/mol. The Balaban J connectivity index is 1.68. The Bertz CT molecular complexity index is 433. The van der Waals surface area contributed by atoms with Gasteiger partial charge in [0.15, 0.2) is 0 Å². The Hall–Kier alpha value is -1.22. The van der Waals surface area contributed by atoms with Crippen LogP contribution < -0.4 is 10.1 Å². The molecule has 1 amide bonds. The van der Waals surface area contributed by atoms with Crippen molar-refractivity contribution in [3.05, 3.63) is 29.3 Å².